The molecule has 144 valence electrons. The Labute approximate surface area is 164 Å². The summed E-state index contributed by atoms with van der Waals surface area (Å²) in [5, 5.41) is 9.10. The fraction of sp³-hybridized carbons (Fsp3) is 0.286. The van der Waals surface area contributed by atoms with E-state index in [1.54, 1.807) is 12.1 Å². The Morgan fingerprint density at radius 2 is 1.81 bits per heavy atom. The highest BCUT2D eigenvalue weighted by Crippen LogP contribution is 2.37. The molecule has 0 radical (unpaired) electrons. The Balaban J connectivity index is 2.03. The Hall–Kier alpha value is -2.66. The molecule has 1 N–H and O–H groups in total. The van der Waals surface area contributed by atoms with Crippen LogP contribution in [0.3, 0.4) is 0 Å². The molecular weight excluding hydrogens is 368 g/mol. The van der Waals surface area contributed by atoms with E-state index in [1.165, 1.54) is 17.2 Å². The van der Waals surface area contributed by atoms with Crippen molar-refractivity contribution in [2.75, 3.05) is 19.8 Å². The molecule has 0 spiro atoms. The smallest absolute Gasteiger partial charge is 0.328 e. The number of hydrogen-bond donors (Lipinski definition) is 1. The standard InChI is InChI=1S/C21H23ClO5/c1-4-25-19-13-16(6-8-20(23)24)12-18(22)21(19)27-10-9-26-17-7-5-14(2)15(3)11-17/h5-8,11-13H,4,9-10H2,1-3H3,(H,23,24). The van der Waals surface area contributed by atoms with Crippen molar-refractivity contribution in [1.29, 1.82) is 0 Å². The van der Waals surface area contributed by atoms with Gasteiger partial charge in [-0.2, -0.15) is 0 Å². The number of carboxylic acids is 1. The number of benzene rings is 2. The molecule has 27 heavy (non-hydrogen) atoms. The maximum Gasteiger partial charge on any atom is 0.328 e. The van der Waals surface area contributed by atoms with Crippen LogP contribution >= 0.6 is 11.6 Å². The van der Waals surface area contributed by atoms with Crippen LogP contribution in [-0.2, 0) is 4.79 Å². The number of halogens is 1. The number of aliphatic carboxylic acids is 1. The van der Waals surface area contributed by atoms with Gasteiger partial charge in [-0.25, -0.2) is 4.79 Å². The van der Waals surface area contributed by atoms with Crippen LogP contribution in [0.4, 0.5) is 0 Å². The summed E-state index contributed by atoms with van der Waals surface area (Å²) in [5.74, 6) is 0.621. The largest absolute Gasteiger partial charge is 0.490 e. The Morgan fingerprint density at radius 3 is 2.48 bits per heavy atom. The average molecular weight is 391 g/mol. The van der Waals surface area contributed by atoms with Gasteiger partial charge < -0.3 is 19.3 Å². The van der Waals surface area contributed by atoms with E-state index in [0.29, 0.717) is 35.3 Å². The average Bonchev–Trinajstić information content (AvgIpc) is 2.61. The summed E-state index contributed by atoms with van der Waals surface area (Å²) >= 11 is 6.29. The van der Waals surface area contributed by atoms with Gasteiger partial charge in [-0.1, -0.05) is 17.7 Å². The summed E-state index contributed by atoms with van der Waals surface area (Å²) in [6, 6.07) is 9.23. The Bertz CT molecular complexity index is 830. The molecule has 2 aromatic carbocycles. The second-order valence-corrected chi connectivity index (χ2v) is 6.28. The van der Waals surface area contributed by atoms with Gasteiger partial charge in [0.15, 0.2) is 11.5 Å². The van der Waals surface area contributed by atoms with E-state index in [0.717, 1.165) is 11.8 Å². The number of carboxylic acid groups (broad SMARTS) is 1. The first-order valence-electron chi connectivity index (χ1n) is 8.61. The zero-order valence-electron chi connectivity index (χ0n) is 15.6. The van der Waals surface area contributed by atoms with E-state index in [2.05, 4.69) is 6.92 Å². The molecule has 0 saturated carbocycles. The van der Waals surface area contributed by atoms with Gasteiger partial charge in [0.05, 0.1) is 11.6 Å². The molecule has 2 aromatic rings. The van der Waals surface area contributed by atoms with Crippen LogP contribution in [0.25, 0.3) is 6.08 Å². The van der Waals surface area contributed by atoms with Crippen molar-refractivity contribution < 1.29 is 24.1 Å². The van der Waals surface area contributed by atoms with Crippen molar-refractivity contribution in [3.63, 3.8) is 0 Å². The van der Waals surface area contributed by atoms with Crippen molar-refractivity contribution >= 4 is 23.6 Å². The number of carbonyl (C=O) groups is 1. The van der Waals surface area contributed by atoms with Gasteiger partial charge in [-0.15, -0.1) is 0 Å². The molecule has 0 aromatic heterocycles. The number of hydrogen-bond acceptors (Lipinski definition) is 4. The fourth-order valence-corrected chi connectivity index (χ4v) is 2.64. The summed E-state index contributed by atoms with van der Waals surface area (Å²) in [4.78, 5) is 10.7. The molecule has 0 atom stereocenters. The molecule has 0 aliphatic rings. The van der Waals surface area contributed by atoms with Crippen LogP contribution in [0.15, 0.2) is 36.4 Å². The van der Waals surface area contributed by atoms with E-state index in [9.17, 15) is 4.79 Å². The predicted octanol–water partition coefficient (Wildman–Crippen LogP) is 4.91. The molecule has 0 unspecified atom stereocenters. The van der Waals surface area contributed by atoms with E-state index in [-0.39, 0.29) is 6.61 Å². The topological polar surface area (TPSA) is 65.0 Å². The molecular formula is C21H23ClO5. The molecule has 5 nitrogen and oxygen atoms in total. The third-order valence-corrected chi connectivity index (χ3v) is 4.11. The second-order valence-electron chi connectivity index (χ2n) is 5.88. The molecule has 0 saturated heterocycles. The van der Waals surface area contributed by atoms with Crippen molar-refractivity contribution in [2.24, 2.45) is 0 Å². The maximum absolute atomic E-state index is 10.7. The summed E-state index contributed by atoms with van der Waals surface area (Å²) in [7, 11) is 0. The Morgan fingerprint density at radius 1 is 1.07 bits per heavy atom. The van der Waals surface area contributed by atoms with E-state index in [4.69, 9.17) is 30.9 Å². The van der Waals surface area contributed by atoms with Crippen molar-refractivity contribution in [2.45, 2.75) is 20.8 Å². The number of aryl methyl sites for hydroxylation is 2. The molecule has 0 fully saturated rings. The summed E-state index contributed by atoms with van der Waals surface area (Å²) < 4.78 is 17.0. The third-order valence-electron chi connectivity index (χ3n) is 3.83. The van der Waals surface area contributed by atoms with Crippen LogP contribution in [0, 0.1) is 13.8 Å². The monoisotopic (exact) mass is 390 g/mol. The van der Waals surface area contributed by atoms with Gasteiger partial charge >= 0.3 is 5.97 Å². The molecule has 0 aliphatic heterocycles. The van der Waals surface area contributed by atoms with Crippen LogP contribution < -0.4 is 14.2 Å². The summed E-state index contributed by atoms with van der Waals surface area (Å²) in [6.07, 6.45) is 2.49. The van der Waals surface area contributed by atoms with Crippen molar-refractivity contribution in [3.8, 4) is 17.2 Å². The lowest BCUT2D eigenvalue weighted by Crippen LogP contribution is -2.10. The van der Waals surface area contributed by atoms with Gasteiger partial charge in [-0.05, 0) is 67.8 Å². The molecule has 0 aliphatic carbocycles. The highest BCUT2D eigenvalue weighted by Gasteiger charge is 2.12. The van der Waals surface area contributed by atoms with Crippen LogP contribution in [0.1, 0.15) is 23.6 Å². The highest BCUT2D eigenvalue weighted by molar-refractivity contribution is 6.32. The number of ether oxygens (including phenoxy) is 3. The fourth-order valence-electron chi connectivity index (χ4n) is 2.36. The highest BCUT2D eigenvalue weighted by atomic mass is 35.5. The first-order chi connectivity index (χ1) is 12.9. The summed E-state index contributed by atoms with van der Waals surface area (Å²) in [5.41, 5.74) is 2.99. The second kappa shape index (κ2) is 9.88. The number of rotatable bonds is 9. The molecule has 0 amide bonds. The molecule has 0 bridgehead atoms. The minimum absolute atomic E-state index is 0.289. The molecule has 6 heteroatoms. The first-order valence-corrected chi connectivity index (χ1v) is 8.98. The molecule has 2 rings (SSSR count). The van der Waals surface area contributed by atoms with Crippen molar-refractivity contribution in [3.05, 3.63) is 58.1 Å². The van der Waals surface area contributed by atoms with E-state index in [1.807, 2.05) is 32.0 Å². The van der Waals surface area contributed by atoms with E-state index >= 15 is 0 Å². The van der Waals surface area contributed by atoms with Crippen LogP contribution in [0.2, 0.25) is 5.02 Å². The quantitative estimate of drug-likeness (QED) is 0.486. The van der Waals surface area contributed by atoms with Crippen LogP contribution in [0.5, 0.6) is 17.2 Å². The van der Waals surface area contributed by atoms with Gasteiger partial charge in [0.25, 0.3) is 0 Å². The van der Waals surface area contributed by atoms with E-state index < -0.39 is 5.97 Å². The molecule has 0 heterocycles. The summed E-state index contributed by atoms with van der Waals surface area (Å²) in [6.45, 7) is 7.00. The zero-order chi connectivity index (χ0) is 19.8. The SMILES string of the molecule is CCOc1cc(C=CC(=O)O)cc(Cl)c1OCCOc1ccc(C)c(C)c1. The lowest BCUT2D eigenvalue weighted by atomic mass is 10.1. The minimum atomic E-state index is -1.03. The van der Waals surface area contributed by atoms with Crippen molar-refractivity contribution in [1.82, 2.24) is 0 Å². The van der Waals surface area contributed by atoms with Gasteiger partial charge in [0, 0.05) is 6.08 Å². The zero-order valence-corrected chi connectivity index (χ0v) is 16.4. The predicted molar refractivity (Wildman–Crippen MR) is 106 cm³/mol. The minimum Gasteiger partial charge on any atom is -0.490 e. The third kappa shape index (κ3) is 6.22. The first kappa shape index (κ1) is 20.6. The Kier molecular flexibility index (Phi) is 7.55. The van der Waals surface area contributed by atoms with Crippen LogP contribution in [-0.4, -0.2) is 30.9 Å². The van der Waals surface area contributed by atoms with Gasteiger partial charge in [0.1, 0.15) is 19.0 Å². The van der Waals surface area contributed by atoms with Gasteiger partial charge in [-0.3, -0.25) is 0 Å². The lowest BCUT2D eigenvalue weighted by molar-refractivity contribution is -0.131. The lowest BCUT2D eigenvalue weighted by Gasteiger charge is -2.15. The van der Waals surface area contributed by atoms with Gasteiger partial charge in [0.2, 0.25) is 0 Å². The maximum atomic E-state index is 10.7. The normalized spacial score (nSPS) is 10.8.